The van der Waals surface area contributed by atoms with E-state index < -0.39 is 17.8 Å². The minimum absolute atomic E-state index is 0.0851. The third-order valence-corrected chi connectivity index (χ3v) is 2.52. The Labute approximate surface area is 116 Å². The highest BCUT2D eigenvalue weighted by Crippen LogP contribution is 2.16. The van der Waals surface area contributed by atoms with Gasteiger partial charge in [-0.2, -0.15) is 0 Å². The second kappa shape index (κ2) is 7.14. The average molecular weight is 278 g/mol. The molecule has 0 heterocycles. The molecule has 5 nitrogen and oxygen atoms in total. The minimum atomic E-state index is -1.23. The van der Waals surface area contributed by atoms with E-state index in [1.807, 2.05) is 6.92 Å². The van der Waals surface area contributed by atoms with Crippen LogP contribution in [0.5, 0.6) is 0 Å². The monoisotopic (exact) mass is 278 g/mol. The molecule has 106 valence electrons. The van der Waals surface area contributed by atoms with Gasteiger partial charge in [-0.1, -0.05) is 12.8 Å². The van der Waals surface area contributed by atoms with Crippen molar-refractivity contribution in [3.8, 4) is 12.3 Å². The molecule has 6 heteroatoms. The SMILES string of the molecule is C#CCN(CCC)C(=O)Nc1ccc(C(=O)O)cc1F. The summed E-state index contributed by atoms with van der Waals surface area (Å²) in [5.74, 6) is 0.307. The van der Waals surface area contributed by atoms with Gasteiger partial charge in [-0.3, -0.25) is 0 Å². The Bertz CT molecular complexity index is 552. The predicted octanol–water partition coefficient (Wildman–Crippen LogP) is 2.40. The number of hydrogen-bond acceptors (Lipinski definition) is 2. The van der Waals surface area contributed by atoms with Gasteiger partial charge in [0.05, 0.1) is 17.8 Å². The molecule has 20 heavy (non-hydrogen) atoms. The molecular formula is C14H15FN2O3. The number of halogens is 1. The van der Waals surface area contributed by atoms with Gasteiger partial charge < -0.3 is 15.3 Å². The Balaban J connectivity index is 2.84. The molecule has 0 aliphatic heterocycles. The van der Waals surface area contributed by atoms with Crippen molar-refractivity contribution in [2.45, 2.75) is 13.3 Å². The number of carboxylic acids is 1. The van der Waals surface area contributed by atoms with Gasteiger partial charge in [0.2, 0.25) is 0 Å². The van der Waals surface area contributed by atoms with Crippen LogP contribution >= 0.6 is 0 Å². The number of carbonyl (C=O) groups excluding carboxylic acids is 1. The fourth-order valence-electron chi connectivity index (χ4n) is 1.58. The van der Waals surface area contributed by atoms with Crippen molar-refractivity contribution < 1.29 is 19.1 Å². The lowest BCUT2D eigenvalue weighted by atomic mass is 10.2. The number of nitrogens with one attached hydrogen (secondary N) is 1. The first-order chi connectivity index (χ1) is 9.49. The Morgan fingerprint density at radius 2 is 2.20 bits per heavy atom. The lowest BCUT2D eigenvalue weighted by Crippen LogP contribution is -2.36. The van der Waals surface area contributed by atoms with Crippen LogP contribution in [0, 0.1) is 18.2 Å². The number of rotatable bonds is 5. The standard InChI is InChI=1S/C14H15FN2O3/c1-3-7-17(8-4-2)14(20)16-12-6-5-10(13(18)19)9-11(12)15/h1,5-6,9H,4,7-8H2,2H3,(H,16,20)(H,18,19). The number of carboxylic acid groups (broad SMARTS) is 1. The molecule has 1 rings (SSSR count). The van der Waals surface area contributed by atoms with Crippen molar-refractivity contribution in [1.82, 2.24) is 4.90 Å². The van der Waals surface area contributed by atoms with Crippen LogP contribution in [0.4, 0.5) is 14.9 Å². The van der Waals surface area contributed by atoms with E-state index in [0.29, 0.717) is 6.54 Å². The summed E-state index contributed by atoms with van der Waals surface area (Å²) in [5.41, 5.74) is -0.271. The zero-order chi connectivity index (χ0) is 15.1. The van der Waals surface area contributed by atoms with E-state index in [9.17, 15) is 14.0 Å². The van der Waals surface area contributed by atoms with Crippen LogP contribution in [0.1, 0.15) is 23.7 Å². The van der Waals surface area contributed by atoms with E-state index in [4.69, 9.17) is 11.5 Å². The van der Waals surface area contributed by atoms with Gasteiger partial charge in [0.1, 0.15) is 5.82 Å². The largest absolute Gasteiger partial charge is 0.478 e. The Hall–Kier alpha value is -2.55. The van der Waals surface area contributed by atoms with Crippen molar-refractivity contribution in [3.63, 3.8) is 0 Å². The number of urea groups is 1. The Morgan fingerprint density at radius 3 is 2.70 bits per heavy atom. The lowest BCUT2D eigenvalue weighted by Gasteiger charge is -2.20. The quantitative estimate of drug-likeness (QED) is 0.812. The van der Waals surface area contributed by atoms with E-state index in [-0.39, 0.29) is 17.8 Å². The van der Waals surface area contributed by atoms with Crippen LogP contribution in [0.25, 0.3) is 0 Å². The highest BCUT2D eigenvalue weighted by Gasteiger charge is 2.15. The van der Waals surface area contributed by atoms with E-state index in [2.05, 4.69) is 11.2 Å². The molecule has 0 saturated carbocycles. The summed E-state index contributed by atoms with van der Waals surface area (Å²) in [6.45, 7) is 2.46. The van der Waals surface area contributed by atoms with E-state index >= 15 is 0 Å². The van der Waals surface area contributed by atoms with E-state index in [1.165, 1.54) is 17.0 Å². The third-order valence-electron chi connectivity index (χ3n) is 2.52. The summed E-state index contributed by atoms with van der Waals surface area (Å²) in [6.07, 6.45) is 5.88. The number of hydrogen-bond donors (Lipinski definition) is 2. The first-order valence-electron chi connectivity index (χ1n) is 6.01. The van der Waals surface area contributed by atoms with Gasteiger partial charge in [-0.05, 0) is 24.6 Å². The molecule has 0 fully saturated rings. The fraction of sp³-hybridized carbons (Fsp3) is 0.286. The number of nitrogens with zero attached hydrogens (tertiary/aromatic N) is 1. The van der Waals surface area contributed by atoms with Gasteiger partial charge in [-0.25, -0.2) is 14.0 Å². The summed E-state index contributed by atoms with van der Waals surface area (Å²) < 4.78 is 13.7. The van der Waals surface area contributed by atoms with Crippen molar-refractivity contribution in [2.75, 3.05) is 18.4 Å². The second-order valence-corrected chi connectivity index (χ2v) is 4.06. The molecule has 0 atom stereocenters. The summed E-state index contributed by atoms with van der Waals surface area (Å²) in [5, 5.41) is 11.1. The van der Waals surface area contributed by atoms with Gasteiger partial charge in [0.25, 0.3) is 0 Å². The molecule has 0 radical (unpaired) electrons. The maximum Gasteiger partial charge on any atom is 0.335 e. The van der Waals surface area contributed by atoms with Gasteiger partial charge in [0.15, 0.2) is 0 Å². The fourth-order valence-corrected chi connectivity index (χ4v) is 1.58. The van der Waals surface area contributed by atoms with Crippen LogP contribution in [0.2, 0.25) is 0 Å². The van der Waals surface area contributed by atoms with Crippen molar-refractivity contribution >= 4 is 17.7 Å². The van der Waals surface area contributed by atoms with Gasteiger partial charge in [0, 0.05) is 6.54 Å². The van der Waals surface area contributed by atoms with Gasteiger partial charge >= 0.3 is 12.0 Å². The van der Waals surface area contributed by atoms with Crippen LogP contribution in [0.15, 0.2) is 18.2 Å². The number of anilines is 1. The molecule has 0 bridgehead atoms. The smallest absolute Gasteiger partial charge is 0.335 e. The third kappa shape index (κ3) is 3.99. The maximum atomic E-state index is 13.7. The topological polar surface area (TPSA) is 69.6 Å². The summed E-state index contributed by atoms with van der Waals surface area (Å²) in [7, 11) is 0. The molecule has 0 unspecified atom stereocenters. The molecule has 0 aliphatic rings. The molecule has 2 amide bonds. The van der Waals surface area contributed by atoms with E-state index in [1.54, 1.807) is 0 Å². The van der Waals surface area contributed by atoms with Crippen molar-refractivity contribution in [2.24, 2.45) is 0 Å². The number of benzene rings is 1. The van der Waals surface area contributed by atoms with Crippen LogP contribution < -0.4 is 5.32 Å². The Morgan fingerprint density at radius 1 is 1.50 bits per heavy atom. The van der Waals surface area contributed by atoms with Crippen molar-refractivity contribution in [3.05, 3.63) is 29.6 Å². The van der Waals surface area contributed by atoms with Crippen LogP contribution in [0.3, 0.4) is 0 Å². The zero-order valence-electron chi connectivity index (χ0n) is 11.0. The zero-order valence-corrected chi connectivity index (χ0v) is 11.0. The molecule has 0 aromatic heterocycles. The molecule has 0 aliphatic carbocycles. The Kier molecular flexibility index (Phi) is 5.54. The molecule has 0 saturated heterocycles. The first kappa shape index (κ1) is 15.5. The molecule has 1 aromatic carbocycles. The molecular weight excluding hydrogens is 263 g/mol. The number of terminal acetylenes is 1. The number of carbonyl (C=O) groups is 2. The maximum absolute atomic E-state index is 13.7. The average Bonchev–Trinajstić information content (AvgIpc) is 2.40. The van der Waals surface area contributed by atoms with E-state index in [0.717, 1.165) is 12.5 Å². The second-order valence-electron chi connectivity index (χ2n) is 4.06. The minimum Gasteiger partial charge on any atom is -0.478 e. The van der Waals surface area contributed by atoms with Crippen LogP contribution in [-0.2, 0) is 0 Å². The molecule has 0 spiro atoms. The lowest BCUT2D eigenvalue weighted by molar-refractivity contribution is 0.0696. The normalized spacial score (nSPS) is 9.65. The first-order valence-corrected chi connectivity index (χ1v) is 6.01. The molecule has 2 N–H and O–H groups in total. The highest BCUT2D eigenvalue weighted by atomic mass is 19.1. The molecule has 1 aromatic rings. The van der Waals surface area contributed by atoms with Gasteiger partial charge in [-0.15, -0.1) is 6.42 Å². The highest BCUT2D eigenvalue weighted by molar-refractivity contribution is 5.91. The van der Waals surface area contributed by atoms with Crippen LogP contribution in [-0.4, -0.2) is 35.1 Å². The predicted molar refractivity (Wildman–Crippen MR) is 73.1 cm³/mol. The summed E-state index contributed by atoms with van der Waals surface area (Å²) >= 11 is 0. The van der Waals surface area contributed by atoms with Crippen molar-refractivity contribution in [1.29, 1.82) is 0 Å². The number of aromatic carboxylic acids is 1. The number of amides is 2. The summed E-state index contributed by atoms with van der Waals surface area (Å²) in [6, 6.07) is 2.75. The summed E-state index contributed by atoms with van der Waals surface area (Å²) in [4.78, 5) is 23.9.